The van der Waals surface area contributed by atoms with Crippen molar-refractivity contribution < 1.29 is 4.79 Å². The first-order chi connectivity index (χ1) is 12.7. The summed E-state index contributed by atoms with van der Waals surface area (Å²) in [4.78, 5) is 18.9. The molecule has 3 heterocycles. The summed E-state index contributed by atoms with van der Waals surface area (Å²) in [5, 5.41) is 7.34. The van der Waals surface area contributed by atoms with Gasteiger partial charge in [-0.25, -0.2) is 0 Å². The number of amides is 1. The van der Waals surface area contributed by atoms with Crippen LogP contribution in [0.3, 0.4) is 0 Å². The first kappa shape index (κ1) is 17.8. The van der Waals surface area contributed by atoms with Gasteiger partial charge in [-0.15, -0.1) is 34.4 Å². The van der Waals surface area contributed by atoms with Crippen molar-refractivity contribution in [3.63, 3.8) is 0 Å². The Bertz CT molecular complexity index is 888. The lowest BCUT2D eigenvalue weighted by Gasteiger charge is -2.34. The highest BCUT2D eigenvalue weighted by molar-refractivity contribution is 7.98. The molecule has 6 heteroatoms. The number of carbonyl (C=O) groups is 1. The Kier molecular flexibility index (Phi) is 5.45. The van der Waals surface area contributed by atoms with Crippen LogP contribution in [-0.2, 0) is 11.2 Å². The molecule has 0 spiro atoms. The van der Waals surface area contributed by atoms with Gasteiger partial charge in [-0.05, 0) is 59.3 Å². The standard InChI is InChI=1S/C20H20N2OS3/c1-24-15-5-2-4-14(12-15)21-19(23)13-22-9-7-17-16(8-11-26-17)20(22)18-6-3-10-25-18/h2-6,8,10-12,20H,7,9,13H2,1H3,(H,21,23)/t20-/m0/s1. The number of anilines is 1. The summed E-state index contributed by atoms with van der Waals surface area (Å²) in [6.45, 7) is 1.32. The molecule has 1 aromatic carbocycles. The molecule has 0 radical (unpaired) electrons. The molecule has 3 nitrogen and oxygen atoms in total. The van der Waals surface area contributed by atoms with Crippen molar-refractivity contribution in [3.8, 4) is 0 Å². The molecule has 1 amide bonds. The van der Waals surface area contributed by atoms with E-state index in [2.05, 4.69) is 45.2 Å². The number of fused-ring (bicyclic) bond motifs is 1. The summed E-state index contributed by atoms with van der Waals surface area (Å²) in [5.74, 6) is 0.0449. The Morgan fingerprint density at radius 3 is 2.96 bits per heavy atom. The molecule has 3 aromatic rings. The molecule has 2 aromatic heterocycles. The minimum Gasteiger partial charge on any atom is -0.325 e. The zero-order valence-electron chi connectivity index (χ0n) is 14.5. The first-order valence-corrected chi connectivity index (χ1v) is 11.5. The van der Waals surface area contributed by atoms with Gasteiger partial charge in [0.15, 0.2) is 0 Å². The number of thioether (sulfide) groups is 1. The molecule has 1 atom stereocenters. The second kappa shape index (κ2) is 7.96. The summed E-state index contributed by atoms with van der Waals surface area (Å²) in [6.07, 6.45) is 3.06. The number of carbonyl (C=O) groups excluding carboxylic acids is 1. The van der Waals surface area contributed by atoms with Gasteiger partial charge in [-0.2, -0.15) is 0 Å². The van der Waals surface area contributed by atoms with Crippen molar-refractivity contribution >= 4 is 46.0 Å². The Morgan fingerprint density at radius 1 is 1.23 bits per heavy atom. The second-order valence-corrected chi connectivity index (χ2v) is 9.08. The van der Waals surface area contributed by atoms with Crippen molar-refractivity contribution in [1.82, 2.24) is 4.90 Å². The van der Waals surface area contributed by atoms with Crippen LogP contribution in [0.5, 0.6) is 0 Å². The topological polar surface area (TPSA) is 32.3 Å². The Balaban J connectivity index is 1.52. The highest BCUT2D eigenvalue weighted by atomic mass is 32.2. The zero-order chi connectivity index (χ0) is 17.9. The van der Waals surface area contributed by atoms with Crippen LogP contribution in [0, 0.1) is 0 Å². The molecule has 0 saturated carbocycles. The average molecular weight is 401 g/mol. The summed E-state index contributed by atoms with van der Waals surface area (Å²) >= 11 is 5.27. The largest absolute Gasteiger partial charge is 0.325 e. The van der Waals surface area contributed by atoms with Crippen LogP contribution in [0.1, 0.15) is 21.4 Å². The molecule has 134 valence electrons. The van der Waals surface area contributed by atoms with E-state index < -0.39 is 0 Å². The van der Waals surface area contributed by atoms with Crippen molar-refractivity contribution in [2.45, 2.75) is 17.4 Å². The highest BCUT2D eigenvalue weighted by Gasteiger charge is 2.31. The maximum absolute atomic E-state index is 12.7. The molecule has 4 rings (SSSR count). The highest BCUT2D eigenvalue weighted by Crippen LogP contribution is 2.39. The van der Waals surface area contributed by atoms with E-state index >= 15 is 0 Å². The van der Waals surface area contributed by atoms with Crippen LogP contribution in [-0.4, -0.2) is 30.2 Å². The predicted octanol–water partition coefficient (Wildman–Crippen LogP) is 5.12. The molecule has 1 N–H and O–H groups in total. The third kappa shape index (κ3) is 3.74. The van der Waals surface area contributed by atoms with E-state index in [9.17, 15) is 4.79 Å². The predicted molar refractivity (Wildman–Crippen MR) is 113 cm³/mol. The SMILES string of the molecule is CSc1cccc(NC(=O)CN2CCc3sccc3[C@H]2c2cccs2)c1. The summed E-state index contributed by atoms with van der Waals surface area (Å²) in [7, 11) is 0. The maximum atomic E-state index is 12.7. The van der Waals surface area contributed by atoms with Gasteiger partial charge >= 0.3 is 0 Å². The van der Waals surface area contributed by atoms with Crippen molar-refractivity contribution in [1.29, 1.82) is 0 Å². The molecule has 1 aliphatic heterocycles. The fourth-order valence-corrected chi connectivity index (χ4v) is 5.64. The van der Waals surface area contributed by atoms with Crippen molar-refractivity contribution in [2.24, 2.45) is 0 Å². The van der Waals surface area contributed by atoms with Crippen LogP contribution < -0.4 is 5.32 Å². The van der Waals surface area contributed by atoms with Crippen LogP contribution in [0.25, 0.3) is 0 Å². The van der Waals surface area contributed by atoms with Crippen LogP contribution >= 0.6 is 34.4 Å². The van der Waals surface area contributed by atoms with E-state index in [1.54, 1.807) is 23.1 Å². The van der Waals surface area contributed by atoms with Gasteiger partial charge < -0.3 is 5.32 Å². The number of thiophene rings is 2. The van der Waals surface area contributed by atoms with E-state index in [4.69, 9.17) is 0 Å². The van der Waals surface area contributed by atoms with Gasteiger partial charge in [0, 0.05) is 26.9 Å². The van der Waals surface area contributed by atoms with Gasteiger partial charge in [0.2, 0.25) is 5.91 Å². The molecule has 0 fully saturated rings. The lowest BCUT2D eigenvalue weighted by Crippen LogP contribution is -2.40. The van der Waals surface area contributed by atoms with Gasteiger partial charge in [-0.3, -0.25) is 9.69 Å². The number of hydrogen-bond donors (Lipinski definition) is 1. The number of nitrogens with zero attached hydrogens (tertiary/aromatic N) is 1. The van der Waals surface area contributed by atoms with E-state index in [0.29, 0.717) is 6.54 Å². The quantitative estimate of drug-likeness (QED) is 0.604. The van der Waals surface area contributed by atoms with E-state index in [-0.39, 0.29) is 11.9 Å². The van der Waals surface area contributed by atoms with Crippen LogP contribution in [0.2, 0.25) is 0 Å². The van der Waals surface area contributed by atoms with Crippen molar-refractivity contribution in [3.05, 3.63) is 68.5 Å². The Morgan fingerprint density at radius 2 is 2.15 bits per heavy atom. The van der Waals surface area contributed by atoms with Gasteiger partial charge in [0.1, 0.15) is 0 Å². The number of nitrogens with one attached hydrogen (secondary N) is 1. The molecule has 1 aliphatic rings. The first-order valence-electron chi connectivity index (χ1n) is 8.52. The maximum Gasteiger partial charge on any atom is 0.238 e. The second-order valence-electron chi connectivity index (χ2n) is 6.22. The normalized spacial score (nSPS) is 17.0. The van der Waals surface area contributed by atoms with Gasteiger partial charge in [0.25, 0.3) is 0 Å². The molecule has 0 aliphatic carbocycles. The fraction of sp³-hybridized carbons (Fsp3) is 0.250. The van der Waals surface area contributed by atoms with Crippen LogP contribution in [0.4, 0.5) is 5.69 Å². The fourth-order valence-electron chi connectivity index (χ4n) is 3.40. The molecule has 0 unspecified atom stereocenters. The van der Waals surface area contributed by atoms with Crippen molar-refractivity contribution in [2.75, 3.05) is 24.7 Å². The Hall–Kier alpha value is -1.60. The lowest BCUT2D eigenvalue weighted by atomic mass is 9.98. The van der Waals surface area contributed by atoms with E-state index in [1.165, 1.54) is 15.3 Å². The number of hydrogen-bond acceptors (Lipinski definition) is 5. The molecular weight excluding hydrogens is 380 g/mol. The van der Waals surface area contributed by atoms with E-state index in [1.807, 2.05) is 35.8 Å². The Labute approximate surface area is 166 Å². The zero-order valence-corrected chi connectivity index (χ0v) is 16.9. The summed E-state index contributed by atoms with van der Waals surface area (Å²) < 4.78 is 0. The lowest BCUT2D eigenvalue weighted by molar-refractivity contribution is -0.117. The number of rotatable bonds is 5. The van der Waals surface area contributed by atoms with E-state index in [0.717, 1.165) is 23.5 Å². The molecule has 0 saturated heterocycles. The minimum atomic E-state index is 0.0449. The minimum absolute atomic E-state index is 0.0449. The smallest absolute Gasteiger partial charge is 0.238 e. The molecule has 26 heavy (non-hydrogen) atoms. The van der Waals surface area contributed by atoms with Crippen LogP contribution in [0.15, 0.2) is 58.1 Å². The van der Waals surface area contributed by atoms with Gasteiger partial charge in [0.05, 0.1) is 12.6 Å². The van der Waals surface area contributed by atoms with Gasteiger partial charge in [-0.1, -0.05) is 12.1 Å². The monoisotopic (exact) mass is 400 g/mol. The number of benzene rings is 1. The third-order valence-corrected chi connectivity index (χ3v) is 7.23. The molecule has 0 bridgehead atoms. The summed E-state index contributed by atoms with van der Waals surface area (Å²) in [6, 6.07) is 14.7. The average Bonchev–Trinajstić information content (AvgIpc) is 3.33. The summed E-state index contributed by atoms with van der Waals surface area (Å²) in [5.41, 5.74) is 2.23. The third-order valence-electron chi connectivity index (χ3n) is 4.58. The molecular formula is C20H20N2OS3.